The van der Waals surface area contributed by atoms with Gasteiger partial charge < -0.3 is 0 Å². The molecular formula is C14H11BrN2O2S. The Morgan fingerprint density at radius 2 is 1.80 bits per heavy atom. The first kappa shape index (κ1) is 13.3. The fraction of sp³-hybridized carbons (Fsp3) is 0.0714. The Hall–Kier alpha value is -1.66. The number of sulfone groups is 1. The van der Waals surface area contributed by atoms with Crippen LogP contribution in [-0.2, 0) is 9.84 Å². The first-order chi connectivity index (χ1) is 9.50. The van der Waals surface area contributed by atoms with E-state index in [1.54, 1.807) is 47.0 Å². The summed E-state index contributed by atoms with van der Waals surface area (Å²) in [4.78, 5) is 4.40. The van der Waals surface area contributed by atoms with Gasteiger partial charge in [0.2, 0.25) is 9.84 Å². The van der Waals surface area contributed by atoms with Crippen molar-refractivity contribution >= 4 is 31.3 Å². The van der Waals surface area contributed by atoms with Crippen molar-refractivity contribution < 1.29 is 8.42 Å². The molecule has 3 aromatic rings. The molecular weight excluding hydrogens is 340 g/mol. The maximum absolute atomic E-state index is 12.7. The molecule has 6 heteroatoms. The van der Waals surface area contributed by atoms with Gasteiger partial charge in [-0.25, -0.2) is 13.4 Å². The molecule has 0 aliphatic heterocycles. The molecule has 4 nitrogen and oxygen atoms in total. The molecule has 0 radical (unpaired) electrons. The fourth-order valence-corrected chi connectivity index (χ4v) is 3.97. The van der Waals surface area contributed by atoms with Crippen molar-refractivity contribution in [2.75, 3.05) is 0 Å². The van der Waals surface area contributed by atoms with Crippen molar-refractivity contribution in [1.29, 1.82) is 0 Å². The molecule has 0 unspecified atom stereocenters. The molecule has 2 aromatic heterocycles. The van der Waals surface area contributed by atoms with Gasteiger partial charge in [0, 0.05) is 6.20 Å². The number of aromatic nitrogens is 2. The van der Waals surface area contributed by atoms with E-state index in [0.717, 1.165) is 5.56 Å². The standard InChI is InChI=1S/C14H11BrN2O2S/c1-10-5-7-11(8-6-10)20(18,19)13-12-4-2-3-9-17(12)14(15)16-13/h2-9H,1H3. The van der Waals surface area contributed by atoms with E-state index in [0.29, 0.717) is 10.3 Å². The van der Waals surface area contributed by atoms with Crippen molar-refractivity contribution in [3.63, 3.8) is 0 Å². The smallest absolute Gasteiger partial charge is 0.226 e. The van der Waals surface area contributed by atoms with Crippen LogP contribution in [0.5, 0.6) is 0 Å². The van der Waals surface area contributed by atoms with Gasteiger partial charge in [0.1, 0.15) is 0 Å². The van der Waals surface area contributed by atoms with E-state index in [4.69, 9.17) is 0 Å². The Kier molecular flexibility index (Phi) is 3.14. The van der Waals surface area contributed by atoms with Crippen LogP contribution in [0.1, 0.15) is 5.56 Å². The Bertz CT molecular complexity index is 883. The molecule has 0 saturated heterocycles. The predicted octanol–water partition coefficient (Wildman–Crippen LogP) is 3.24. The summed E-state index contributed by atoms with van der Waals surface area (Å²) < 4.78 is 27.5. The molecule has 3 rings (SSSR count). The largest absolute Gasteiger partial charge is 0.293 e. The van der Waals surface area contributed by atoms with Crippen molar-refractivity contribution in [3.8, 4) is 0 Å². The summed E-state index contributed by atoms with van der Waals surface area (Å²) in [6.45, 7) is 1.92. The highest BCUT2D eigenvalue weighted by Crippen LogP contribution is 2.27. The SMILES string of the molecule is Cc1ccc(S(=O)(=O)c2nc(Br)n3ccccc23)cc1. The quantitative estimate of drug-likeness (QED) is 0.712. The highest BCUT2D eigenvalue weighted by atomic mass is 79.9. The van der Waals surface area contributed by atoms with Gasteiger partial charge in [0.05, 0.1) is 10.4 Å². The highest BCUT2D eigenvalue weighted by Gasteiger charge is 2.24. The maximum atomic E-state index is 12.7. The van der Waals surface area contributed by atoms with Crippen molar-refractivity contribution in [1.82, 2.24) is 9.38 Å². The number of fused-ring (bicyclic) bond motifs is 1. The van der Waals surface area contributed by atoms with Crippen LogP contribution in [-0.4, -0.2) is 17.8 Å². The Morgan fingerprint density at radius 1 is 1.10 bits per heavy atom. The molecule has 0 atom stereocenters. The average molecular weight is 351 g/mol. The lowest BCUT2D eigenvalue weighted by atomic mass is 10.2. The summed E-state index contributed by atoms with van der Waals surface area (Å²) in [7, 11) is -3.62. The fourth-order valence-electron chi connectivity index (χ4n) is 2.00. The number of benzene rings is 1. The van der Waals surface area contributed by atoms with E-state index >= 15 is 0 Å². The average Bonchev–Trinajstić information content (AvgIpc) is 2.78. The van der Waals surface area contributed by atoms with Crippen LogP contribution in [0.4, 0.5) is 0 Å². The summed E-state index contributed by atoms with van der Waals surface area (Å²) >= 11 is 3.28. The third-order valence-corrected chi connectivity index (χ3v) is 5.32. The van der Waals surface area contributed by atoms with Crippen LogP contribution < -0.4 is 0 Å². The lowest BCUT2D eigenvalue weighted by Gasteiger charge is -2.02. The minimum Gasteiger partial charge on any atom is -0.293 e. The number of nitrogens with zero attached hydrogens (tertiary/aromatic N) is 2. The molecule has 1 aromatic carbocycles. The van der Waals surface area contributed by atoms with Gasteiger partial charge in [-0.1, -0.05) is 23.8 Å². The third-order valence-electron chi connectivity index (χ3n) is 3.06. The maximum Gasteiger partial charge on any atom is 0.226 e. The highest BCUT2D eigenvalue weighted by molar-refractivity contribution is 9.10. The van der Waals surface area contributed by atoms with Gasteiger partial charge in [0.25, 0.3) is 0 Å². The van der Waals surface area contributed by atoms with Crippen LogP contribution in [0.3, 0.4) is 0 Å². The number of imidazole rings is 1. The zero-order chi connectivity index (χ0) is 14.3. The molecule has 0 aliphatic carbocycles. The Morgan fingerprint density at radius 3 is 2.50 bits per heavy atom. The van der Waals surface area contributed by atoms with Crippen LogP contribution >= 0.6 is 15.9 Å². The number of aryl methyl sites for hydroxylation is 1. The zero-order valence-electron chi connectivity index (χ0n) is 10.6. The van der Waals surface area contributed by atoms with E-state index in [9.17, 15) is 8.42 Å². The van der Waals surface area contributed by atoms with Crippen LogP contribution in [0.15, 0.2) is 63.3 Å². The lowest BCUT2D eigenvalue weighted by Crippen LogP contribution is -2.03. The van der Waals surface area contributed by atoms with Gasteiger partial charge in [-0.3, -0.25) is 4.40 Å². The van der Waals surface area contributed by atoms with Gasteiger partial charge >= 0.3 is 0 Å². The molecule has 0 saturated carbocycles. The topological polar surface area (TPSA) is 51.4 Å². The van der Waals surface area contributed by atoms with Crippen molar-refractivity contribution in [3.05, 3.63) is 59.0 Å². The second kappa shape index (κ2) is 4.71. The second-order valence-electron chi connectivity index (χ2n) is 4.46. The molecule has 0 bridgehead atoms. The zero-order valence-corrected chi connectivity index (χ0v) is 13.0. The molecule has 0 spiro atoms. The molecule has 0 amide bonds. The Labute approximate surface area is 125 Å². The van der Waals surface area contributed by atoms with E-state index in [-0.39, 0.29) is 9.92 Å². The summed E-state index contributed by atoms with van der Waals surface area (Å²) in [5.74, 6) is 0. The Balaban J connectivity index is 2.27. The number of hydrogen-bond donors (Lipinski definition) is 0. The van der Waals surface area contributed by atoms with E-state index < -0.39 is 9.84 Å². The number of hydrogen-bond acceptors (Lipinski definition) is 3. The van der Waals surface area contributed by atoms with Gasteiger partial charge in [-0.05, 0) is 47.1 Å². The van der Waals surface area contributed by atoms with E-state index in [1.165, 1.54) is 0 Å². The number of pyridine rings is 1. The molecule has 20 heavy (non-hydrogen) atoms. The molecule has 0 fully saturated rings. The van der Waals surface area contributed by atoms with Gasteiger partial charge in [-0.2, -0.15) is 0 Å². The normalized spacial score (nSPS) is 11.9. The van der Waals surface area contributed by atoms with Gasteiger partial charge in [0.15, 0.2) is 9.76 Å². The van der Waals surface area contributed by atoms with E-state index in [2.05, 4.69) is 20.9 Å². The first-order valence-electron chi connectivity index (χ1n) is 5.94. The minimum atomic E-state index is -3.62. The lowest BCUT2D eigenvalue weighted by molar-refractivity contribution is 0.594. The van der Waals surface area contributed by atoms with Crippen LogP contribution in [0.2, 0.25) is 0 Å². The van der Waals surface area contributed by atoms with Crippen LogP contribution in [0, 0.1) is 6.92 Å². The second-order valence-corrected chi connectivity index (χ2v) is 7.03. The molecule has 0 N–H and O–H groups in total. The molecule has 102 valence electrons. The van der Waals surface area contributed by atoms with Crippen LogP contribution in [0.25, 0.3) is 5.52 Å². The van der Waals surface area contributed by atoms with Crippen molar-refractivity contribution in [2.45, 2.75) is 16.8 Å². The number of rotatable bonds is 2. The summed E-state index contributed by atoms with van der Waals surface area (Å²) in [5, 5.41) is 0.0637. The summed E-state index contributed by atoms with van der Waals surface area (Å²) in [6, 6.07) is 12.1. The number of halogens is 1. The third kappa shape index (κ3) is 2.05. The minimum absolute atomic E-state index is 0.0637. The molecule has 2 heterocycles. The molecule has 0 aliphatic rings. The van der Waals surface area contributed by atoms with Crippen molar-refractivity contribution in [2.24, 2.45) is 0 Å². The summed E-state index contributed by atoms with van der Waals surface area (Å²) in [6.07, 6.45) is 1.76. The first-order valence-corrected chi connectivity index (χ1v) is 8.22. The monoisotopic (exact) mass is 350 g/mol. The van der Waals surface area contributed by atoms with Gasteiger partial charge in [-0.15, -0.1) is 0 Å². The summed E-state index contributed by atoms with van der Waals surface area (Å²) in [5.41, 5.74) is 1.57. The predicted molar refractivity (Wildman–Crippen MR) is 79.5 cm³/mol. The van der Waals surface area contributed by atoms with E-state index in [1.807, 2.05) is 13.0 Å².